The van der Waals surface area contributed by atoms with E-state index in [2.05, 4.69) is 26.6 Å². The summed E-state index contributed by atoms with van der Waals surface area (Å²) in [5.74, 6) is 0.804. The molecule has 2 rings (SSSR count). The minimum atomic E-state index is -1.70. The number of carbonyl (C=O) groups is 2. The van der Waals surface area contributed by atoms with E-state index < -0.39 is 14.4 Å². The van der Waals surface area contributed by atoms with Crippen LogP contribution in [0.25, 0.3) is 0 Å². The molecule has 0 radical (unpaired) electrons. The van der Waals surface area contributed by atoms with Crippen molar-refractivity contribution in [3.05, 3.63) is 23.1 Å². The highest BCUT2D eigenvalue weighted by molar-refractivity contribution is 6.70. The Kier molecular flexibility index (Phi) is 5.42. The lowest BCUT2D eigenvalue weighted by molar-refractivity contribution is -0.137. The molecule has 0 fully saturated rings. The number of hydrogen-bond acceptors (Lipinski definition) is 5. The van der Waals surface area contributed by atoms with Gasteiger partial charge in [0.1, 0.15) is 0 Å². The topological polar surface area (TPSA) is 65.1 Å². The summed E-state index contributed by atoms with van der Waals surface area (Å²) in [7, 11) is 0.996. The third kappa shape index (κ3) is 4.01. The molecule has 1 aliphatic carbocycles. The second-order valence-electron chi connectivity index (χ2n) is 7.39. The first-order valence-corrected chi connectivity index (χ1v) is 11.6. The lowest BCUT2D eigenvalue weighted by Crippen LogP contribution is -2.43. The molecule has 2 atom stereocenters. The van der Waals surface area contributed by atoms with E-state index in [9.17, 15) is 9.59 Å². The standard InChI is InChI=1S/C17H27NO5Si/c1-11-7-13-12(8-15(11)23-24(4,5)6)9-18(17(20)22-3)10-14(13)16(19)21-2/h10,12-13H,7-9H2,1-6H3/t12-,13-/m0/s1. The molecule has 1 amide bonds. The first kappa shape index (κ1) is 18.6. The Morgan fingerprint density at radius 1 is 1.17 bits per heavy atom. The number of rotatable bonds is 3. The number of nitrogens with zero attached hydrogens (tertiary/aromatic N) is 1. The van der Waals surface area contributed by atoms with Crippen LogP contribution in [0.1, 0.15) is 19.8 Å². The van der Waals surface area contributed by atoms with Crippen LogP contribution in [0.2, 0.25) is 19.6 Å². The van der Waals surface area contributed by atoms with Crippen molar-refractivity contribution in [1.82, 2.24) is 4.90 Å². The van der Waals surface area contributed by atoms with E-state index in [-0.39, 0.29) is 17.8 Å². The summed E-state index contributed by atoms with van der Waals surface area (Å²) < 4.78 is 16.0. The van der Waals surface area contributed by atoms with Gasteiger partial charge in [-0.25, -0.2) is 9.59 Å². The molecule has 134 valence electrons. The number of carbonyl (C=O) groups excluding carboxylic acids is 2. The summed E-state index contributed by atoms with van der Waals surface area (Å²) in [6.07, 6.45) is 2.59. The molecule has 0 aromatic heterocycles. The third-order valence-electron chi connectivity index (χ3n) is 4.40. The van der Waals surface area contributed by atoms with Crippen LogP contribution in [-0.4, -0.2) is 46.0 Å². The predicted octanol–water partition coefficient (Wildman–Crippen LogP) is 3.28. The van der Waals surface area contributed by atoms with Gasteiger partial charge in [0.25, 0.3) is 0 Å². The average Bonchev–Trinajstić information content (AvgIpc) is 2.51. The van der Waals surface area contributed by atoms with Gasteiger partial charge in [-0.3, -0.25) is 4.90 Å². The summed E-state index contributed by atoms with van der Waals surface area (Å²) in [6.45, 7) is 9.04. The van der Waals surface area contributed by atoms with E-state index >= 15 is 0 Å². The Morgan fingerprint density at radius 3 is 2.38 bits per heavy atom. The van der Waals surface area contributed by atoms with Gasteiger partial charge in [-0.1, -0.05) is 0 Å². The molecular weight excluding hydrogens is 326 g/mol. The van der Waals surface area contributed by atoms with E-state index in [1.54, 1.807) is 6.20 Å². The quantitative estimate of drug-likeness (QED) is 0.575. The summed E-state index contributed by atoms with van der Waals surface area (Å²) in [4.78, 5) is 25.6. The smallest absolute Gasteiger partial charge is 0.413 e. The molecule has 24 heavy (non-hydrogen) atoms. The van der Waals surface area contributed by atoms with Crippen LogP contribution >= 0.6 is 0 Å². The normalized spacial score (nSPS) is 24.1. The molecule has 0 bridgehead atoms. The fourth-order valence-corrected chi connectivity index (χ4v) is 4.35. The van der Waals surface area contributed by atoms with Gasteiger partial charge in [0.05, 0.1) is 25.6 Å². The van der Waals surface area contributed by atoms with Crippen LogP contribution in [0, 0.1) is 11.8 Å². The van der Waals surface area contributed by atoms with Crippen LogP contribution < -0.4 is 0 Å². The number of methoxy groups -OCH3 is 2. The maximum absolute atomic E-state index is 12.2. The zero-order valence-electron chi connectivity index (χ0n) is 15.3. The zero-order valence-corrected chi connectivity index (χ0v) is 16.3. The molecule has 0 spiro atoms. The van der Waals surface area contributed by atoms with E-state index in [1.807, 2.05) is 0 Å². The maximum Gasteiger partial charge on any atom is 0.413 e. The van der Waals surface area contributed by atoms with Crippen molar-refractivity contribution in [1.29, 1.82) is 0 Å². The number of esters is 1. The van der Waals surface area contributed by atoms with Crippen molar-refractivity contribution < 1.29 is 23.5 Å². The Hall–Kier alpha value is -1.76. The first-order valence-electron chi connectivity index (χ1n) is 8.18. The van der Waals surface area contributed by atoms with Crippen molar-refractivity contribution in [3.63, 3.8) is 0 Å². The second kappa shape index (κ2) is 7.00. The fraction of sp³-hybridized carbons (Fsp3) is 0.647. The lowest BCUT2D eigenvalue weighted by atomic mass is 9.73. The minimum Gasteiger partial charge on any atom is -0.547 e. The molecular formula is C17H27NO5Si. The highest BCUT2D eigenvalue weighted by atomic mass is 28.4. The second-order valence-corrected chi connectivity index (χ2v) is 11.8. The zero-order chi connectivity index (χ0) is 18.1. The van der Waals surface area contributed by atoms with Crippen molar-refractivity contribution in [2.45, 2.75) is 39.4 Å². The molecule has 0 saturated carbocycles. The van der Waals surface area contributed by atoms with Gasteiger partial charge in [0.15, 0.2) is 0 Å². The van der Waals surface area contributed by atoms with Crippen molar-refractivity contribution in [3.8, 4) is 0 Å². The van der Waals surface area contributed by atoms with Crippen LogP contribution in [0.15, 0.2) is 23.1 Å². The van der Waals surface area contributed by atoms with Crippen LogP contribution in [-0.2, 0) is 18.7 Å². The third-order valence-corrected chi connectivity index (χ3v) is 5.26. The van der Waals surface area contributed by atoms with E-state index in [0.717, 1.165) is 18.6 Å². The molecule has 2 aliphatic rings. The lowest BCUT2D eigenvalue weighted by Gasteiger charge is -2.41. The molecule has 0 aromatic carbocycles. The first-order chi connectivity index (χ1) is 11.2. The van der Waals surface area contributed by atoms with Crippen molar-refractivity contribution in [2.24, 2.45) is 11.8 Å². The summed E-state index contributed by atoms with van der Waals surface area (Å²) >= 11 is 0. The van der Waals surface area contributed by atoms with Gasteiger partial charge >= 0.3 is 12.1 Å². The summed E-state index contributed by atoms with van der Waals surface area (Å²) in [5, 5.41) is 0. The summed E-state index contributed by atoms with van der Waals surface area (Å²) in [5.41, 5.74) is 1.71. The molecule has 1 heterocycles. The Bertz CT molecular complexity index is 590. The molecule has 0 N–H and O–H groups in total. The Morgan fingerprint density at radius 2 is 1.83 bits per heavy atom. The largest absolute Gasteiger partial charge is 0.547 e. The molecule has 7 heteroatoms. The van der Waals surface area contributed by atoms with Crippen molar-refractivity contribution >= 4 is 20.4 Å². The minimum absolute atomic E-state index is 0.0485. The van der Waals surface area contributed by atoms with E-state index in [1.165, 1.54) is 24.7 Å². The van der Waals surface area contributed by atoms with Crippen molar-refractivity contribution in [2.75, 3.05) is 20.8 Å². The highest BCUT2D eigenvalue weighted by Crippen LogP contribution is 2.42. The van der Waals surface area contributed by atoms with Crippen LogP contribution in [0.3, 0.4) is 0 Å². The average molecular weight is 353 g/mol. The van der Waals surface area contributed by atoms with Gasteiger partial charge in [-0.2, -0.15) is 0 Å². The Labute approximate surface area is 144 Å². The SMILES string of the molecule is COC(=O)C1=CN(C(=O)OC)C[C@@H]2CC(O[Si](C)(C)C)=C(C)C[C@H]12. The number of fused-ring (bicyclic) bond motifs is 1. The monoisotopic (exact) mass is 353 g/mol. The highest BCUT2D eigenvalue weighted by Gasteiger charge is 2.41. The van der Waals surface area contributed by atoms with E-state index in [4.69, 9.17) is 13.9 Å². The molecule has 0 unspecified atom stereocenters. The van der Waals surface area contributed by atoms with Gasteiger partial charge in [0.2, 0.25) is 8.32 Å². The summed E-state index contributed by atoms with van der Waals surface area (Å²) in [6, 6.07) is 0. The van der Waals surface area contributed by atoms with Gasteiger partial charge in [-0.15, -0.1) is 0 Å². The van der Waals surface area contributed by atoms with Gasteiger partial charge < -0.3 is 13.9 Å². The van der Waals surface area contributed by atoms with Gasteiger partial charge in [-0.05, 0) is 44.5 Å². The van der Waals surface area contributed by atoms with Crippen LogP contribution in [0.4, 0.5) is 4.79 Å². The molecule has 6 nitrogen and oxygen atoms in total. The molecule has 0 aromatic rings. The predicted molar refractivity (Wildman–Crippen MR) is 92.6 cm³/mol. The van der Waals surface area contributed by atoms with E-state index in [0.29, 0.717) is 12.1 Å². The van der Waals surface area contributed by atoms with Gasteiger partial charge in [0, 0.05) is 25.1 Å². The number of allylic oxidation sites excluding steroid dienone is 2. The number of ether oxygens (including phenoxy) is 2. The Balaban J connectivity index is 2.32. The fourth-order valence-electron chi connectivity index (χ4n) is 3.35. The molecule has 0 saturated heterocycles. The maximum atomic E-state index is 12.2. The van der Waals surface area contributed by atoms with Crippen LogP contribution in [0.5, 0.6) is 0 Å². The molecule has 1 aliphatic heterocycles. The number of amides is 1. The number of hydrogen-bond donors (Lipinski definition) is 0.